The van der Waals surface area contributed by atoms with E-state index in [0.717, 1.165) is 0 Å². The number of rotatable bonds is 4. The molecule has 0 radical (unpaired) electrons. The number of carbonyl (C=O) groups excluding carboxylic acids is 1. The van der Waals surface area contributed by atoms with Crippen molar-refractivity contribution in [1.82, 2.24) is 0 Å². The Balaban J connectivity index is 1.94. The van der Waals surface area contributed by atoms with Gasteiger partial charge in [-0.1, -0.05) is 12.1 Å². The van der Waals surface area contributed by atoms with Gasteiger partial charge in [-0.3, -0.25) is 0 Å². The molecule has 2 heterocycles. The highest BCUT2D eigenvalue weighted by Gasteiger charge is 2.27. The van der Waals surface area contributed by atoms with Crippen LogP contribution in [0.3, 0.4) is 0 Å². The number of hydrogen-bond donors (Lipinski definition) is 0. The van der Waals surface area contributed by atoms with Crippen LogP contribution in [0.1, 0.15) is 17.1 Å². The summed E-state index contributed by atoms with van der Waals surface area (Å²) in [6.45, 7) is -1.23. The van der Waals surface area contributed by atoms with Crippen molar-refractivity contribution in [3.05, 3.63) is 59.2 Å². The lowest BCUT2D eigenvalue weighted by Gasteiger charge is -2.08. The number of aliphatic imine (C=N–C) groups is 1. The fourth-order valence-electron chi connectivity index (χ4n) is 2.03. The lowest BCUT2D eigenvalue weighted by atomic mass is 10.2. The zero-order valence-corrected chi connectivity index (χ0v) is 12.0. The molecule has 0 unspecified atom stereocenters. The first-order valence-electron chi connectivity index (χ1n) is 6.66. The number of ether oxygens (including phenoxy) is 2. The first-order chi connectivity index (χ1) is 11.0. The molecule has 0 bridgehead atoms. The number of furan rings is 1. The molecule has 1 aliphatic rings. The summed E-state index contributed by atoms with van der Waals surface area (Å²) in [6.07, 6.45) is 1.42. The number of aryl methyl sites for hydroxylation is 1. The van der Waals surface area contributed by atoms with Crippen molar-refractivity contribution in [3.8, 4) is 5.75 Å². The van der Waals surface area contributed by atoms with Crippen molar-refractivity contribution >= 4 is 17.9 Å². The fourth-order valence-corrected chi connectivity index (χ4v) is 2.03. The molecular weight excluding hydrogens is 308 g/mol. The molecule has 0 fully saturated rings. The van der Waals surface area contributed by atoms with Crippen LogP contribution in [0.2, 0.25) is 0 Å². The van der Waals surface area contributed by atoms with E-state index in [1.807, 2.05) is 0 Å². The number of cyclic esters (lactones) is 1. The van der Waals surface area contributed by atoms with E-state index in [4.69, 9.17) is 9.15 Å². The van der Waals surface area contributed by atoms with Crippen LogP contribution in [0, 0.1) is 6.92 Å². The Bertz CT molecular complexity index is 808. The van der Waals surface area contributed by atoms with Gasteiger partial charge in [-0.25, -0.2) is 9.79 Å². The second-order valence-electron chi connectivity index (χ2n) is 4.66. The largest absolute Gasteiger partial charge is 0.462 e. The van der Waals surface area contributed by atoms with Gasteiger partial charge in [0, 0.05) is 6.08 Å². The number of benzene rings is 1. The van der Waals surface area contributed by atoms with Crippen molar-refractivity contribution in [2.75, 3.05) is 0 Å². The van der Waals surface area contributed by atoms with E-state index in [1.165, 1.54) is 24.3 Å². The predicted octanol–water partition coefficient (Wildman–Crippen LogP) is 3.53. The molecule has 3 rings (SSSR count). The van der Waals surface area contributed by atoms with Crippen LogP contribution < -0.4 is 4.74 Å². The average molecular weight is 319 g/mol. The highest BCUT2D eigenvalue weighted by Crippen LogP contribution is 2.26. The van der Waals surface area contributed by atoms with E-state index in [0.29, 0.717) is 11.5 Å². The second-order valence-corrected chi connectivity index (χ2v) is 4.66. The standard InChI is InChI=1S/C16H11F2NO4/c1-9-6-7-10(21-9)8-12-15(20)23-14(19-12)11-4-2-3-5-13(11)22-16(17)18/h2-8,16H,1H3/b12-8-. The van der Waals surface area contributed by atoms with E-state index in [1.54, 1.807) is 25.1 Å². The summed E-state index contributed by atoms with van der Waals surface area (Å²) in [5.74, 6) is 0.213. The molecule has 0 atom stereocenters. The minimum atomic E-state index is -2.99. The topological polar surface area (TPSA) is 61.0 Å². The van der Waals surface area contributed by atoms with Crippen LogP contribution in [0.15, 0.2) is 51.5 Å². The van der Waals surface area contributed by atoms with Gasteiger partial charge in [0.05, 0.1) is 5.56 Å². The molecule has 0 aliphatic carbocycles. The minimum Gasteiger partial charge on any atom is -0.462 e. The lowest BCUT2D eigenvalue weighted by Crippen LogP contribution is -2.10. The zero-order chi connectivity index (χ0) is 16.4. The number of nitrogens with zero attached hydrogens (tertiary/aromatic N) is 1. The summed E-state index contributed by atoms with van der Waals surface area (Å²) >= 11 is 0. The van der Waals surface area contributed by atoms with Crippen molar-refractivity contribution in [1.29, 1.82) is 0 Å². The van der Waals surface area contributed by atoms with Crippen LogP contribution in [0.4, 0.5) is 8.78 Å². The SMILES string of the molecule is Cc1ccc(/C=C2\N=C(c3ccccc3OC(F)F)OC2=O)o1. The third-order valence-corrected chi connectivity index (χ3v) is 2.99. The van der Waals surface area contributed by atoms with Gasteiger partial charge in [-0.05, 0) is 31.2 Å². The molecule has 1 aromatic heterocycles. The molecule has 0 saturated carbocycles. The van der Waals surface area contributed by atoms with Gasteiger partial charge in [0.15, 0.2) is 5.70 Å². The maximum absolute atomic E-state index is 12.4. The molecule has 2 aromatic rings. The molecule has 0 spiro atoms. The zero-order valence-electron chi connectivity index (χ0n) is 12.0. The molecule has 1 aliphatic heterocycles. The number of esters is 1. The summed E-state index contributed by atoms with van der Waals surface area (Å²) in [4.78, 5) is 15.9. The Morgan fingerprint density at radius 1 is 1.22 bits per heavy atom. The van der Waals surface area contributed by atoms with Crippen molar-refractivity contribution in [3.63, 3.8) is 0 Å². The summed E-state index contributed by atoms with van der Waals surface area (Å²) < 4.78 is 39.7. The van der Waals surface area contributed by atoms with Crippen molar-refractivity contribution in [2.45, 2.75) is 13.5 Å². The predicted molar refractivity (Wildman–Crippen MR) is 77.1 cm³/mol. The van der Waals surface area contributed by atoms with Crippen LogP contribution in [0.5, 0.6) is 5.75 Å². The monoisotopic (exact) mass is 319 g/mol. The molecular formula is C16H11F2NO4. The Morgan fingerprint density at radius 2 is 2.00 bits per heavy atom. The molecule has 5 nitrogen and oxygen atoms in total. The number of hydrogen-bond acceptors (Lipinski definition) is 5. The number of halogens is 2. The highest BCUT2D eigenvalue weighted by atomic mass is 19.3. The minimum absolute atomic E-state index is 0.0150. The smallest absolute Gasteiger partial charge is 0.387 e. The third kappa shape index (κ3) is 3.28. The molecule has 0 amide bonds. The maximum atomic E-state index is 12.4. The highest BCUT2D eigenvalue weighted by molar-refractivity contribution is 6.13. The summed E-state index contributed by atoms with van der Waals surface area (Å²) in [5, 5.41) is 0. The quantitative estimate of drug-likeness (QED) is 0.639. The molecule has 1 aromatic carbocycles. The first-order valence-corrected chi connectivity index (χ1v) is 6.66. The van der Waals surface area contributed by atoms with Gasteiger partial charge >= 0.3 is 12.6 Å². The van der Waals surface area contributed by atoms with Crippen LogP contribution >= 0.6 is 0 Å². The molecule has 118 valence electrons. The Kier molecular flexibility index (Phi) is 3.92. The number of alkyl halides is 2. The van der Waals surface area contributed by atoms with Crippen LogP contribution in [0.25, 0.3) is 6.08 Å². The van der Waals surface area contributed by atoms with Gasteiger partial charge in [-0.2, -0.15) is 8.78 Å². The van der Waals surface area contributed by atoms with Gasteiger partial charge < -0.3 is 13.9 Å². The van der Waals surface area contributed by atoms with Gasteiger partial charge in [0.1, 0.15) is 17.3 Å². The first kappa shape index (κ1) is 15.0. The van der Waals surface area contributed by atoms with Crippen LogP contribution in [-0.4, -0.2) is 18.5 Å². The maximum Gasteiger partial charge on any atom is 0.387 e. The Morgan fingerprint density at radius 3 is 2.70 bits per heavy atom. The van der Waals surface area contributed by atoms with E-state index in [-0.39, 0.29) is 22.9 Å². The second kappa shape index (κ2) is 6.04. The van der Waals surface area contributed by atoms with Gasteiger partial charge in [0.25, 0.3) is 0 Å². The van der Waals surface area contributed by atoms with E-state index < -0.39 is 12.6 Å². The van der Waals surface area contributed by atoms with E-state index in [2.05, 4.69) is 9.73 Å². The number of carbonyl (C=O) groups is 1. The third-order valence-electron chi connectivity index (χ3n) is 2.99. The Hall–Kier alpha value is -2.96. The molecule has 7 heteroatoms. The molecule has 0 N–H and O–H groups in total. The van der Waals surface area contributed by atoms with Crippen molar-refractivity contribution < 1.29 is 27.5 Å². The summed E-state index contributed by atoms with van der Waals surface area (Å²) in [5.41, 5.74) is 0.182. The van der Waals surface area contributed by atoms with Crippen molar-refractivity contribution in [2.24, 2.45) is 4.99 Å². The molecule has 0 saturated heterocycles. The number of para-hydroxylation sites is 1. The fraction of sp³-hybridized carbons (Fsp3) is 0.125. The summed E-state index contributed by atoms with van der Waals surface area (Å²) in [7, 11) is 0. The normalized spacial score (nSPS) is 15.9. The van der Waals surface area contributed by atoms with E-state index in [9.17, 15) is 13.6 Å². The lowest BCUT2D eigenvalue weighted by molar-refractivity contribution is -0.129. The Labute approximate surface area is 129 Å². The van der Waals surface area contributed by atoms with Gasteiger partial charge in [-0.15, -0.1) is 0 Å². The molecule has 23 heavy (non-hydrogen) atoms. The van der Waals surface area contributed by atoms with E-state index >= 15 is 0 Å². The van der Waals surface area contributed by atoms with Gasteiger partial charge in [0.2, 0.25) is 5.90 Å². The average Bonchev–Trinajstić information content (AvgIpc) is 3.06. The van der Waals surface area contributed by atoms with Crippen LogP contribution in [-0.2, 0) is 9.53 Å². The summed E-state index contributed by atoms with van der Waals surface area (Å²) in [6, 6.07) is 9.36.